The lowest BCUT2D eigenvalue weighted by molar-refractivity contribution is 0.120. The highest BCUT2D eigenvalue weighted by Crippen LogP contribution is 2.23. The van der Waals surface area contributed by atoms with Crippen molar-refractivity contribution in [1.82, 2.24) is 14.8 Å². The van der Waals surface area contributed by atoms with Crippen LogP contribution < -0.4 is 5.73 Å². The van der Waals surface area contributed by atoms with Crippen molar-refractivity contribution in [2.24, 2.45) is 10.7 Å². The van der Waals surface area contributed by atoms with Crippen molar-refractivity contribution in [3.63, 3.8) is 0 Å². The van der Waals surface area contributed by atoms with E-state index in [9.17, 15) is 0 Å². The Morgan fingerprint density at radius 3 is 3.00 bits per heavy atom. The van der Waals surface area contributed by atoms with Gasteiger partial charge in [-0.2, -0.15) is 5.10 Å². The van der Waals surface area contributed by atoms with Crippen LogP contribution in [0.4, 0.5) is 5.82 Å². The number of aryl methyl sites for hydroxylation is 1. The van der Waals surface area contributed by atoms with Gasteiger partial charge in [-0.15, -0.1) is 0 Å². The molecule has 0 saturated carbocycles. The van der Waals surface area contributed by atoms with Crippen molar-refractivity contribution in [2.45, 2.75) is 13.7 Å². The van der Waals surface area contributed by atoms with Crippen molar-refractivity contribution in [3.8, 4) is 11.1 Å². The number of aliphatic imine (C=N–C) groups is 1. The van der Waals surface area contributed by atoms with E-state index in [0.717, 1.165) is 23.0 Å². The number of hydrogen-bond acceptors (Lipinski definition) is 5. The summed E-state index contributed by atoms with van der Waals surface area (Å²) in [4.78, 5) is 8.32. The van der Waals surface area contributed by atoms with E-state index in [-0.39, 0.29) is 5.84 Å². The second kappa shape index (κ2) is 6.07. The first kappa shape index (κ1) is 13.9. The van der Waals surface area contributed by atoms with Gasteiger partial charge in [-0.05, 0) is 24.6 Å². The molecular weight excluding hydrogens is 256 g/mol. The highest BCUT2D eigenvalue weighted by Gasteiger charge is 2.05. The minimum Gasteiger partial charge on any atom is -0.382 e. The first-order valence-corrected chi connectivity index (χ1v) is 5.97. The number of nitrogens with zero attached hydrogens (tertiary/aromatic N) is 4. The summed E-state index contributed by atoms with van der Waals surface area (Å²) in [5, 5.41) is 11.2. The average Bonchev–Trinajstić information content (AvgIpc) is 2.87. The molecule has 3 N–H and O–H groups in total. The summed E-state index contributed by atoms with van der Waals surface area (Å²) in [6.45, 7) is 2.28. The number of nitrogens with one attached hydrogen (secondary N) is 1. The number of amidine groups is 1. The SMILES string of the molecule is COCn1cc(-c2cc(C)nc(N=C(N)C=N)c2)cn1. The summed E-state index contributed by atoms with van der Waals surface area (Å²) in [6, 6.07) is 3.74. The Hall–Kier alpha value is -2.54. The Kier molecular flexibility index (Phi) is 4.21. The van der Waals surface area contributed by atoms with Gasteiger partial charge in [0.2, 0.25) is 0 Å². The maximum Gasteiger partial charge on any atom is 0.155 e. The monoisotopic (exact) mass is 272 g/mol. The van der Waals surface area contributed by atoms with Crippen molar-refractivity contribution < 1.29 is 4.74 Å². The zero-order chi connectivity index (χ0) is 14.5. The van der Waals surface area contributed by atoms with Crippen LogP contribution >= 0.6 is 0 Å². The van der Waals surface area contributed by atoms with Crippen molar-refractivity contribution in [2.75, 3.05) is 7.11 Å². The lowest BCUT2D eigenvalue weighted by Gasteiger charge is -2.02. The molecule has 2 heterocycles. The summed E-state index contributed by atoms with van der Waals surface area (Å²) in [5.74, 6) is 0.588. The molecule has 0 aliphatic rings. The van der Waals surface area contributed by atoms with E-state index in [1.54, 1.807) is 24.1 Å². The largest absolute Gasteiger partial charge is 0.382 e. The molecular formula is C13H16N6O. The predicted molar refractivity (Wildman–Crippen MR) is 77.3 cm³/mol. The fourth-order valence-corrected chi connectivity index (χ4v) is 1.76. The van der Waals surface area contributed by atoms with Crippen LogP contribution in [0.5, 0.6) is 0 Å². The van der Waals surface area contributed by atoms with Crippen LogP contribution in [0.25, 0.3) is 11.1 Å². The average molecular weight is 272 g/mol. The van der Waals surface area contributed by atoms with Gasteiger partial charge in [-0.1, -0.05) is 0 Å². The van der Waals surface area contributed by atoms with Gasteiger partial charge in [-0.25, -0.2) is 14.7 Å². The molecule has 2 rings (SSSR count). The van der Waals surface area contributed by atoms with Crippen LogP contribution in [0, 0.1) is 12.3 Å². The van der Waals surface area contributed by atoms with Crippen LogP contribution in [0.15, 0.2) is 29.5 Å². The minimum absolute atomic E-state index is 0.115. The van der Waals surface area contributed by atoms with Gasteiger partial charge in [0.25, 0.3) is 0 Å². The Bertz CT molecular complexity index is 646. The number of nitrogens with two attached hydrogens (primary N) is 1. The number of pyridine rings is 1. The topological polar surface area (TPSA) is 102 Å². The first-order valence-electron chi connectivity index (χ1n) is 5.97. The molecule has 2 aromatic heterocycles. The third-order valence-corrected chi connectivity index (χ3v) is 2.56. The van der Waals surface area contributed by atoms with Crippen LogP contribution in [0.2, 0.25) is 0 Å². The fraction of sp³-hybridized carbons (Fsp3) is 0.231. The van der Waals surface area contributed by atoms with Crippen molar-refractivity contribution in [1.29, 1.82) is 5.41 Å². The first-order chi connectivity index (χ1) is 9.62. The van der Waals surface area contributed by atoms with E-state index in [0.29, 0.717) is 12.5 Å². The van der Waals surface area contributed by atoms with E-state index in [2.05, 4.69) is 15.1 Å². The van der Waals surface area contributed by atoms with Crippen LogP contribution in [-0.4, -0.2) is 33.9 Å². The molecule has 0 aromatic carbocycles. The minimum atomic E-state index is 0.115. The third kappa shape index (κ3) is 3.27. The van der Waals surface area contributed by atoms with Crippen molar-refractivity contribution in [3.05, 3.63) is 30.2 Å². The second-order valence-electron chi connectivity index (χ2n) is 4.22. The Morgan fingerprint density at radius 1 is 1.50 bits per heavy atom. The molecule has 2 aromatic rings. The molecule has 0 amide bonds. The highest BCUT2D eigenvalue weighted by molar-refractivity contribution is 6.28. The number of rotatable bonds is 5. The second-order valence-corrected chi connectivity index (χ2v) is 4.22. The van der Waals surface area contributed by atoms with Gasteiger partial charge in [0.1, 0.15) is 12.6 Å². The number of methoxy groups -OCH3 is 1. The van der Waals surface area contributed by atoms with Crippen LogP contribution in [0.1, 0.15) is 5.69 Å². The molecule has 20 heavy (non-hydrogen) atoms. The van der Waals surface area contributed by atoms with E-state index in [1.807, 2.05) is 19.2 Å². The summed E-state index contributed by atoms with van der Waals surface area (Å²) in [6.07, 6.45) is 4.62. The summed E-state index contributed by atoms with van der Waals surface area (Å²) in [7, 11) is 1.62. The maximum absolute atomic E-state index is 7.04. The molecule has 0 atom stereocenters. The maximum atomic E-state index is 7.04. The lowest BCUT2D eigenvalue weighted by atomic mass is 10.1. The van der Waals surface area contributed by atoms with E-state index < -0.39 is 0 Å². The molecule has 0 fully saturated rings. The molecule has 0 aliphatic heterocycles. The smallest absolute Gasteiger partial charge is 0.155 e. The standard InChI is InChI=1S/C13H16N6O/c1-9-3-10(4-13(17-9)18-12(15)5-14)11-6-16-19(7-11)8-20-2/h3-7,14H,8H2,1-2H3,(H2,15,17,18). The Balaban J connectivity index is 2.38. The molecule has 0 radical (unpaired) electrons. The molecule has 0 bridgehead atoms. The highest BCUT2D eigenvalue weighted by atomic mass is 16.5. The normalized spacial score (nSPS) is 11.6. The van der Waals surface area contributed by atoms with E-state index >= 15 is 0 Å². The van der Waals surface area contributed by atoms with Gasteiger partial charge in [0.15, 0.2) is 5.82 Å². The number of hydrogen-bond donors (Lipinski definition) is 2. The zero-order valence-corrected chi connectivity index (χ0v) is 11.4. The molecule has 0 unspecified atom stereocenters. The van der Waals surface area contributed by atoms with Crippen LogP contribution in [-0.2, 0) is 11.5 Å². The fourth-order valence-electron chi connectivity index (χ4n) is 1.76. The lowest BCUT2D eigenvalue weighted by Crippen LogP contribution is -2.11. The van der Waals surface area contributed by atoms with Crippen molar-refractivity contribution >= 4 is 17.9 Å². The van der Waals surface area contributed by atoms with E-state index in [4.69, 9.17) is 15.9 Å². The van der Waals surface area contributed by atoms with E-state index in [1.165, 1.54) is 0 Å². The van der Waals surface area contributed by atoms with Gasteiger partial charge >= 0.3 is 0 Å². The molecule has 7 heteroatoms. The van der Waals surface area contributed by atoms with Gasteiger partial charge < -0.3 is 15.9 Å². The number of ether oxygens (including phenoxy) is 1. The molecule has 0 saturated heterocycles. The predicted octanol–water partition coefficient (Wildman–Crippen LogP) is 1.50. The molecule has 7 nitrogen and oxygen atoms in total. The van der Waals surface area contributed by atoms with Gasteiger partial charge in [0, 0.05) is 24.6 Å². The molecule has 0 aliphatic carbocycles. The zero-order valence-electron chi connectivity index (χ0n) is 11.4. The quantitative estimate of drug-likeness (QED) is 0.636. The molecule has 104 valence electrons. The third-order valence-electron chi connectivity index (χ3n) is 2.56. The number of aromatic nitrogens is 3. The summed E-state index contributed by atoms with van der Waals surface area (Å²) < 4.78 is 6.71. The van der Waals surface area contributed by atoms with Crippen LogP contribution in [0.3, 0.4) is 0 Å². The molecule has 0 spiro atoms. The van der Waals surface area contributed by atoms with Gasteiger partial charge in [-0.3, -0.25) is 0 Å². The Morgan fingerprint density at radius 2 is 2.30 bits per heavy atom. The summed E-state index contributed by atoms with van der Waals surface area (Å²) in [5.41, 5.74) is 8.22. The summed E-state index contributed by atoms with van der Waals surface area (Å²) >= 11 is 0. The van der Waals surface area contributed by atoms with Gasteiger partial charge in [0.05, 0.1) is 12.4 Å². The Labute approximate surface area is 116 Å².